The van der Waals surface area contributed by atoms with E-state index in [0.29, 0.717) is 0 Å². The van der Waals surface area contributed by atoms with Crippen LogP contribution in [-0.2, 0) is 0 Å². The Labute approximate surface area is 86.8 Å². The molecule has 0 nitrogen and oxygen atoms in total. The van der Waals surface area contributed by atoms with E-state index in [1.54, 1.807) is 0 Å². The first-order valence-corrected chi connectivity index (χ1v) is 5.61. The van der Waals surface area contributed by atoms with Gasteiger partial charge in [-0.3, -0.25) is 0 Å². The van der Waals surface area contributed by atoms with Crippen LogP contribution >= 0.6 is 11.8 Å². The Morgan fingerprint density at radius 3 is 2.38 bits per heavy atom. The lowest BCUT2D eigenvalue weighted by atomic mass is 10.0. The Bertz CT molecular complexity index is 209. The van der Waals surface area contributed by atoms with E-state index in [1.807, 2.05) is 17.8 Å². The standard InChI is InChI=1S/C12H20S/c1-6-9-11(8-3)12(4,5)13-10-7-2/h6-9H,2,10H2,1,3-5H3/b9-6-,11-8+. The molecule has 0 radical (unpaired) electrons. The van der Waals surface area contributed by atoms with Crippen LogP contribution in [0.5, 0.6) is 0 Å². The Morgan fingerprint density at radius 2 is 2.00 bits per heavy atom. The summed E-state index contributed by atoms with van der Waals surface area (Å²) in [4.78, 5) is 0. The van der Waals surface area contributed by atoms with Gasteiger partial charge in [-0.15, -0.1) is 18.3 Å². The first kappa shape index (κ1) is 12.6. The summed E-state index contributed by atoms with van der Waals surface area (Å²) in [6, 6.07) is 0. The zero-order valence-corrected chi connectivity index (χ0v) is 9.95. The van der Waals surface area contributed by atoms with Crippen LogP contribution < -0.4 is 0 Å². The highest BCUT2D eigenvalue weighted by molar-refractivity contribution is 8.00. The smallest absolute Gasteiger partial charge is 0.0351 e. The number of hydrogen-bond donors (Lipinski definition) is 0. The zero-order chi connectivity index (χ0) is 10.3. The molecule has 0 aliphatic rings. The summed E-state index contributed by atoms with van der Waals surface area (Å²) in [5.41, 5.74) is 1.38. The van der Waals surface area contributed by atoms with E-state index in [4.69, 9.17) is 0 Å². The predicted octanol–water partition coefficient (Wildman–Crippen LogP) is 4.21. The number of allylic oxidation sites excluding steroid dienone is 3. The number of rotatable bonds is 5. The van der Waals surface area contributed by atoms with E-state index >= 15 is 0 Å². The Kier molecular flexibility index (Phi) is 5.89. The van der Waals surface area contributed by atoms with Gasteiger partial charge in [0.1, 0.15) is 0 Å². The second-order valence-electron chi connectivity index (χ2n) is 3.35. The second kappa shape index (κ2) is 6.09. The molecule has 0 bridgehead atoms. The van der Waals surface area contributed by atoms with Gasteiger partial charge >= 0.3 is 0 Å². The normalized spacial score (nSPS) is 13.7. The summed E-state index contributed by atoms with van der Waals surface area (Å²) in [5, 5.41) is 0. The van der Waals surface area contributed by atoms with Gasteiger partial charge in [-0.25, -0.2) is 0 Å². The van der Waals surface area contributed by atoms with Crippen molar-refractivity contribution in [2.45, 2.75) is 32.4 Å². The molecule has 0 heterocycles. The van der Waals surface area contributed by atoms with Crippen molar-refractivity contribution in [2.75, 3.05) is 5.75 Å². The van der Waals surface area contributed by atoms with E-state index in [0.717, 1.165) is 5.75 Å². The monoisotopic (exact) mass is 196 g/mol. The fourth-order valence-corrected chi connectivity index (χ4v) is 2.06. The van der Waals surface area contributed by atoms with E-state index < -0.39 is 0 Å². The van der Waals surface area contributed by atoms with E-state index in [1.165, 1.54) is 5.57 Å². The minimum absolute atomic E-state index is 0.190. The summed E-state index contributed by atoms with van der Waals surface area (Å²) in [7, 11) is 0. The molecule has 0 N–H and O–H groups in total. The van der Waals surface area contributed by atoms with Gasteiger partial charge in [-0.1, -0.05) is 24.3 Å². The molecule has 0 spiro atoms. The molecule has 0 aromatic heterocycles. The third kappa shape index (κ3) is 4.37. The SMILES string of the molecule is C=CCSC(C)(C)C(/C=C\C)=C/C. The summed E-state index contributed by atoms with van der Waals surface area (Å²) >= 11 is 1.91. The van der Waals surface area contributed by atoms with Crippen LogP contribution in [0, 0.1) is 0 Å². The molecule has 0 saturated carbocycles. The van der Waals surface area contributed by atoms with Crippen LogP contribution in [-0.4, -0.2) is 10.5 Å². The molecule has 74 valence electrons. The maximum Gasteiger partial charge on any atom is 0.0351 e. The van der Waals surface area contributed by atoms with Gasteiger partial charge in [0.2, 0.25) is 0 Å². The van der Waals surface area contributed by atoms with Gasteiger partial charge in [-0.2, -0.15) is 0 Å². The molecule has 0 rings (SSSR count). The fourth-order valence-electron chi connectivity index (χ4n) is 1.17. The van der Waals surface area contributed by atoms with Gasteiger partial charge in [-0.05, 0) is 33.3 Å². The van der Waals surface area contributed by atoms with E-state index in [9.17, 15) is 0 Å². The third-order valence-electron chi connectivity index (χ3n) is 1.91. The molecule has 13 heavy (non-hydrogen) atoms. The Balaban J connectivity index is 4.47. The molecule has 0 fully saturated rings. The molecule has 0 aromatic rings. The van der Waals surface area contributed by atoms with Crippen molar-refractivity contribution in [3.8, 4) is 0 Å². The van der Waals surface area contributed by atoms with Crippen LogP contribution in [0.25, 0.3) is 0 Å². The van der Waals surface area contributed by atoms with E-state index in [-0.39, 0.29) is 4.75 Å². The lowest BCUT2D eigenvalue weighted by Crippen LogP contribution is -2.17. The van der Waals surface area contributed by atoms with Crippen LogP contribution in [0.4, 0.5) is 0 Å². The van der Waals surface area contributed by atoms with Crippen molar-refractivity contribution in [3.63, 3.8) is 0 Å². The van der Waals surface area contributed by atoms with Crippen molar-refractivity contribution < 1.29 is 0 Å². The molecule has 0 aliphatic heterocycles. The zero-order valence-electron chi connectivity index (χ0n) is 9.13. The fraction of sp³-hybridized carbons (Fsp3) is 0.500. The van der Waals surface area contributed by atoms with Gasteiger partial charge < -0.3 is 0 Å². The average molecular weight is 196 g/mol. The summed E-state index contributed by atoms with van der Waals surface area (Å²) in [5.74, 6) is 1.00. The summed E-state index contributed by atoms with van der Waals surface area (Å²) < 4.78 is 0.190. The molecular formula is C12H20S. The Hall–Kier alpha value is -0.430. The summed E-state index contributed by atoms with van der Waals surface area (Å²) in [6.07, 6.45) is 8.40. The maximum atomic E-state index is 3.74. The van der Waals surface area contributed by atoms with Crippen molar-refractivity contribution >= 4 is 11.8 Å². The molecule has 0 amide bonds. The highest BCUT2D eigenvalue weighted by Gasteiger charge is 2.20. The molecule has 0 unspecified atom stereocenters. The lowest BCUT2D eigenvalue weighted by molar-refractivity contribution is 0.855. The highest BCUT2D eigenvalue weighted by Crippen LogP contribution is 2.32. The minimum Gasteiger partial charge on any atom is -0.147 e. The van der Waals surface area contributed by atoms with Gasteiger partial charge in [0.25, 0.3) is 0 Å². The molecule has 0 aromatic carbocycles. The van der Waals surface area contributed by atoms with Crippen molar-refractivity contribution in [1.29, 1.82) is 0 Å². The van der Waals surface area contributed by atoms with Crippen LogP contribution in [0.15, 0.2) is 36.5 Å². The Morgan fingerprint density at radius 1 is 1.38 bits per heavy atom. The van der Waals surface area contributed by atoms with Crippen LogP contribution in [0.3, 0.4) is 0 Å². The second-order valence-corrected chi connectivity index (χ2v) is 5.00. The third-order valence-corrected chi connectivity index (χ3v) is 3.27. The topological polar surface area (TPSA) is 0 Å². The first-order valence-electron chi connectivity index (χ1n) is 4.62. The van der Waals surface area contributed by atoms with Gasteiger partial charge in [0.15, 0.2) is 0 Å². The van der Waals surface area contributed by atoms with Crippen molar-refractivity contribution in [3.05, 3.63) is 36.5 Å². The number of thioether (sulfide) groups is 1. The quantitative estimate of drug-likeness (QED) is 0.469. The lowest BCUT2D eigenvalue weighted by Gasteiger charge is -2.25. The molecule has 0 saturated heterocycles. The number of hydrogen-bond acceptors (Lipinski definition) is 1. The van der Waals surface area contributed by atoms with Crippen LogP contribution in [0.1, 0.15) is 27.7 Å². The molecule has 1 heteroatoms. The average Bonchev–Trinajstić information content (AvgIpc) is 2.10. The largest absolute Gasteiger partial charge is 0.147 e. The summed E-state index contributed by atoms with van der Waals surface area (Å²) in [6.45, 7) is 12.4. The van der Waals surface area contributed by atoms with Crippen molar-refractivity contribution in [1.82, 2.24) is 0 Å². The van der Waals surface area contributed by atoms with Crippen LogP contribution in [0.2, 0.25) is 0 Å². The van der Waals surface area contributed by atoms with Gasteiger partial charge in [0.05, 0.1) is 0 Å². The predicted molar refractivity (Wildman–Crippen MR) is 65.3 cm³/mol. The molecular weight excluding hydrogens is 176 g/mol. The minimum atomic E-state index is 0.190. The van der Waals surface area contributed by atoms with Crippen molar-refractivity contribution in [2.24, 2.45) is 0 Å². The molecule has 0 aliphatic carbocycles. The highest BCUT2D eigenvalue weighted by atomic mass is 32.2. The maximum absolute atomic E-state index is 3.74. The first-order chi connectivity index (χ1) is 6.08. The molecule has 0 atom stereocenters. The van der Waals surface area contributed by atoms with E-state index in [2.05, 4.69) is 52.5 Å². The van der Waals surface area contributed by atoms with Gasteiger partial charge in [0, 0.05) is 10.5 Å².